The fourth-order valence-electron chi connectivity index (χ4n) is 1.29. The van der Waals surface area contributed by atoms with Crippen LogP contribution in [0.5, 0.6) is 0 Å². The van der Waals surface area contributed by atoms with Crippen LogP contribution >= 0.6 is 0 Å². The van der Waals surface area contributed by atoms with Crippen LogP contribution in [0.1, 0.15) is 26.3 Å². The molecule has 0 saturated heterocycles. The van der Waals surface area contributed by atoms with E-state index in [0.717, 1.165) is 0 Å². The summed E-state index contributed by atoms with van der Waals surface area (Å²) < 4.78 is 4.64. The molecule has 1 aromatic rings. The Bertz CT molecular complexity index is 530. The van der Waals surface area contributed by atoms with Gasteiger partial charge in [-0.3, -0.25) is 4.79 Å². The molecule has 0 spiro atoms. The van der Waals surface area contributed by atoms with E-state index in [9.17, 15) is 9.59 Å². The SMILES string of the molecule is COC(=O)c1cc(C#C[Si](C)(C)C)cc(C=O)c1. The number of ether oxygens (including phenoxy) is 1. The summed E-state index contributed by atoms with van der Waals surface area (Å²) in [5.41, 5.74) is 4.64. The van der Waals surface area contributed by atoms with Crippen molar-refractivity contribution >= 4 is 20.3 Å². The van der Waals surface area contributed by atoms with E-state index in [1.165, 1.54) is 13.2 Å². The van der Waals surface area contributed by atoms with Crippen LogP contribution in [0.3, 0.4) is 0 Å². The summed E-state index contributed by atoms with van der Waals surface area (Å²) in [5.74, 6) is 2.56. The number of benzene rings is 1. The maximum atomic E-state index is 11.5. The van der Waals surface area contributed by atoms with E-state index in [1.54, 1.807) is 12.1 Å². The highest BCUT2D eigenvalue weighted by Gasteiger charge is 2.10. The molecule has 0 aliphatic heterocycles. The van der Waals surface area contributed by atoms with Gasteiger partial charge >= 0.3 is 5.97 Å². The molecule has 0 fully saturated rings. The van der Waals surface area contributed by atoms with Gasteiger partial charge in [-0.25, -0.2) is 4.79 Å². The molecule has 0 aliphatic carbocycles. The van der Waals surface area contributed by atoms with Gasteiger partial charge in [0, 0.05) is 11.1 Å². The van der Waals surface area contributed by atoms with Gasteiger partial charge in [0.25, 0.3) is 0 Å². The summed E-state index contributed by atoms with van der Waals surface area (Å²) in [6.45, 7) is 6.39. The molecule has 0 N–H and O–H groups in total. The zero-order valence-electron chi connectivity index (χ0n) is 11.0. The summed E-state index contributed by atoms with van der Waals surface area (Å²) in [5, 5.41) is 0. The van der Waals surface area contributed by atoms with Gasteiger partial charge in [0.05, 0.1) is 12.7 Å². The van der Waals surface area contributed by atoms with Crippen molar-refractivity contribution in [1.29, 1.82) is 0 Å². The molecule has 0 bridgehead atoms. The van der Waals surface area contributed by atoms with Crippen LogP contribution in [0.15, 0.2) is 18.2 Å². The second-order valence-electron chi connectivity index (χ2n) is 4.95. The number of carbonyl (C=O) groups is 2. The minimum atomic E-state index is -1.49. The first-order valence-corrected chi connectivity index (χ1v) is 9.07. The van der Waals surface area contributed by atoms with Crippen molar-refractivity contribution in [2.24, 2.45) is 0 Å². The monoisotopic (exact) mass is 260 g/mol. The van der Waals surface area contributed by atoms with Crippen LogP contribution in [0.2, 0.25) is 19.6 Å². The first-order valence-electron chi connectivity index (χ1n) is 5.57. The number of methoxy groups -OCH3 is 1. The molecule has 0 aliphatic rings. The lowest BCUT2D eigenvalue weighted by molar-refractivity contribution is 0.0600. The lowest BCUT2D eigenvalue weighted by Crippen LogP contribution is -2.16. The fraction of sp³-hybridized carbons (Fsp3) is 0.286. The Balaban J connectivity index is 3.23. The molecule has 0 amide bonds. The van der Waals surface area contributed by atoms with Crippen LogP contribution in [0.4, 0.5) is 0 Å². The van der Waals surface area contributed by atoms with Gasteiger partial charge in [-0.15, -0.1) is 5.54 Å². The summed E-state index contributed by atoms with van der Waals surface area (Å²) in [6, 6.07) is 4.82. The summed E-state index contributed by atoms with van der Waals surface area (Å²) in [6.07, 6.45) is 0.701. The molecular weight excluding hydrogens is 244 g/mol. The van der Waals surface area contributed by atoms with Crippen molar-refractivity contribution in [3.05, 3.63) is 34.9 Å². The molecule has 0 aromatic heterocycles. The van der Waals surface area contributed by atoms with Crippen molar-refractivity contribution in [2.75, 3.05) is 7.11 Å². The van der Waals surface area contributed by atoms with E-state index in [2.05, 4.69) is 35.8 Å². The molecule has 94 valence electrons. The van der Waals surface area contributed by atoms with Crippen molar-refractivity contribution < 1.29 is 14.3 Å². The third-order valence-electron chi connectivity index (χ3n) is 2.09. The molecule has 0 atom stereocenters. The number of rotatable bonds is 2. The fourth-order valence-corrected chi connectivity index (χ4v) is 1.81. The first-order chi connectivity index (χ1) is 8.35. The largest absolute Gasteiger partial charge is 0.465 e. The highest BCUT2D eigenvalue weighted by molar-refractivity contribution is 6.83. The van der Waals surface area contributed by atoms with Crippen molar-refractivity contribution in [1.82, 2.24) is 0 Å². The molecule has 4 heteroatoms. The minimum absolute atomic E-state index is 0.349. The van der Waals surface area contributed by atoms with Gasteiger partial charge in [-0.2, -0.15) is 0 Å². The van der Waals surface area contributed by atoms with Gasteiger partial charge in [0.1, 0.15) is 14.4 Å². The normalized spacial score (nSPS) is 10.2. The van der Waals surface area contributed by atoms with Gasteiger partial charge in [0.2, 0.25) is 0 Å². The Morgan fingerprint density at radius 3 is 2.44 bits per heavy atom. The smallest absolute Gasteiger partial charge is 0.337 e. The van der Waals surface area contributed by atoms with Crippen LogP contribution < -0.4 is 0 Å². The number of esters is 1. The number of hydrogen-bond donors (Lipinski definition) is 0. The van der Waals surface area contributed by atoms with Gasteiger partial charge in [-0.05, 0) is 18.2 Å². The van der Waals surface area contributed by atoms with Gasteiger partial charge in [0.15, 0.2) is 0 Å². The van der Waals surface area contributed by atoms with E-state index >= 15 is 0 Å². The standard InChI is InChI=1S/C14H16O3Si/c1-17-14(16)13-8-11(5-6-18(2,3)4)7-12(9-13)10-15/h7-10H,1-4H3. The molecule has 0 heterocycles. The molecule has 18 heavy (non-hydrogen) atoms. The lowest BCUT2D eigenvalue weighted by atomic mass is 10.1. The van der Waals surface area contributed by atoms with Crippen LogP contribution in [0, 0.1) is 11.5 Å². The second-order valence-corrected chi connectivity index (χ2v) is 9.70. The van der Waals surface area contributed by atoms with E-state index in [-0.39, 0.29) is 0 Å². The first kappa shape index (κ1) is 14.2. The molecule has 0 unspecified atom stereocenters. The number of aldehydes is 1. The van der Waals surface area contributed by atoms with Crippen molar-refractivity contribution in [2.45, 2.75) is 19.6 Å². The quantitative estimate of drug-likeness (QED) is 0.355. The minimum Gasteiger partial charge on any atom is -0.465 e. The Kier molecular flexibility index (Phi) is 4.46. The molecule has 1 aromatic carbocycles. The third kappa shape index (κ3) is 4.19. The van der Waals surface area contributed by atoms with E-state index in [0.29, 0.717) is 23.0 Å². The molecule has 1 rings (SSSR count). The second kappa shape index (κ2) is 5.65. The van der Waals surface area contributed by atoms with E-state index < -0.39 is 14.0 Å². The van der Waals surface area contributed by atoms with Crippen LogP contribution in [0.25, 0.3) is 0 Å². The molecular formula is C14H16O3Si. The molecule has 0 radical (unpaired) electrons. The Morgan fingerprint density at radius 1 is 1.28 bits per heavy atom. The Labute approximate surface area is 108 Å². The zero-order valence-corrected chi connectivity index (χ0v) is 12.0. The maximum absolute atomic E-state index is 11.5. The van der Waals surface area contributed by atoms with Gasteiger partial charge < -0.3 is 4.74 Å². The summed E-state index contributed by atoms with van der Waals surface area (Å²) in [4.78, 5) is 22.3. The Morgan fingerprint density at radius 2 is 1.94 bits per heavy atom. The molecule has 3 nitrogen and oxygen atoms in total. The number of hydrogen-bond acceptors (Lipinski definition) is 3. The average Bonchev–Trinajstić information content (AvgIpc) is 2.34. The highest BCUT2D eigenvalue weighted by atomic mass is 28.3. The lowest BCUT2D eigenvalue weighted by Gasteiger charge is -2.04. The van der Waals surface area contributed by atoms with Crippen LogP contribution in [-0.2, 0) is 4.74 Å². The number of carbonyl (C=O) groups excluding carboxylic acids is 2. The topological polar surface area (TPSA) is 43.4 Å². The predicted molar refractivity (Wildman–Crippen MR) is 73.4 cm³/mol. The van der Waals surface area contributed by atoms with Gasteiger partial charge in [-0.1, -0.05) is 25.6 Å². The molecule has 0 saturated carbocycles. The summed E-state index contributed by atoms with van der Waals surface area (Å²) >= 11 is 0. The highest BCUT2D eigenvalue weighted by Crippen LogP contribution is 2.10. The predicted octanol–water partition coefficient (Wildman–Crippen LogP) is 2.51. The van der Waals surface area contributed by atoms with E-state index in [4.69, 9.17) is 0 Å². The summed E-state index contributed by atoms with van der Waals surface area (Å²) in [7, 11) is -0.177. The average molecular weight is 260 g/mol. The van der Waals surface area contributed by atoms with Crippen molar-refractivity contribution in [3.63, 3.8) is 0 Å². The third-order valence-corrected chi connectivity index (χ3v) is 2.97. The van der Waals surface area contributed by atoms with E-state index in [1.807, 2.05) is 0 Å². The van der Waals surface area contributed by atoms with Crippen LogP contribution in [-0.4, -0.2) is 27.4 Å². The van der Waals surface area contributed by atoms with Crippen molar-refractivity contribution in [3.8, 4) is 11.5 Å². The Hall–Kier alpha value is -1.86. The maximum Gasteiger partial charge on any atom is 0.337 e. The zero-order chi connectivity index (χ0) is 13.8.